The quantitative estimate of drug-likeness (QED) is 0.498. The van der Waals surface area contributed by atoms with E-state index in [9.17, 15) is 14.4 Å². The minimum atomic E-state index is -0.802. The summed E-state index contributed by atoms with van der Waals surface area (Å²) in [5.41, 5.74) is 0.162. The van der Waals surface area contributed by atoms with Crippen LogP contribution in [0.15, 0.2) is 0 Å². The van der Waals surface area contributed by atoms with E-state index in [1.54, 1.807) is 0 Å². The average molecular weight is 360 g/mol. The molecule has 3 rings (SSSR count). The molecule has 0 unspecified atom stereocenters. The van der Waals surface area contributed by atoms with Crippen LogP contribution in [0.3, 0.4) is 0 Å². The Morgan fingerprint density at radius 2 is 2.12 bits per heavy atom. The summed E-state index contributed by atoms with van der Waals surface area (Å²) in [5.74, 6) is -0.209. The highest BCUT2D eigenvalue weighted by atomic mass is 35.5. The molecular formula is C16H26ClN3O4. The highest BCUT2D eigenvalue weighted by Crippen LogP contribution is 2.62. The van der Waals surface area contributed by atoms with Gasteiger partial charge in [0.05, 0.1) is 12.1 Å². The average Bonchev–Trinajstić information content (AvgIpc) is 2.94. The molecule has 5 atom stereocenters. The molecule has 7 nitrogen and oxygen atoms in total. The lowest BCUT2D eigenvalue weighted by Crippen LogP contribution is -2.51. The number of fused-ring (bicyclic) bond motifs is 1. The summed E-state index contributed by atoms with van der Waals surface area (Å²) in [7, 11) is 0. The summed E-state index contributed by atoms with van der Waals surface area (Å²) in [5, 5.41) is 17.8. The Bertz CT molecular complexity index is 539. The molecule has 0 aromatic carbocycles. The van der Waals surface area contributed by atoms with Gasteiger partial charge in [0.25, 0.3) is 0 Å². The molecule has 3 fully saturated rings. The molecule has 136 valence electrons. The van der Waals surface area contributed by atoms with Gasteiger partial charge in [-0.05, 0) is 36.6 Å². The first-order valence-corrected chi connectivity index (χ1v) is 8.31. The van der Waals surface area contributed by atoms with Gasteiger partial charge in [0.1, 0.15) is 6.61 Å². The zero-order valence-electron chi connectivity index (χ0n) is 14.0. The predicted molar refractivity (Wildman–Crippen MR) is 89.6 cm³/mol. The molecule has 0 aromatic heterocycles. The Morgan fingerprint density at radius 3 is 2.62 bits per heavy atom. The smallest absolute Gasteiger partial charge is 0.238 e. The van der Waals surface area contributed by atoms with Crippen molar-refractivity contribution in [1.82, 2.24) is 16.0 Å². The van der Waals surface area contributed by atoms with Crippen molar-refractivity contribution in [2.24, 2.45) is 23.2 Å². The molecule has 0 bridgehead atoms. The zero-order chi connectivity index (χ0) is 16.8. The van der Waals surface area contributed by atoms with Crippen LogP contribution in [0.25, 0.3) is 0 Å². The summed E-state index contributed by atoms with van der Waals surface area (Å²) in [6.07, 6.45) is 0.907. The van der Waals surface area contributed by atoms with E-state index in [4.69, 9.17) is 5.11 Å². The zero-order valence-corrected chi connectivity index (χ0v) is 14.8. The number of carbonyl (C=O) groups excluding carboxylic acids is 3. The first-order chi connectivity index (χ1) is 10.9. The van der Waals surface area contributed by atoms with Crippen LogP contribution in [0, 0.1) is 23.2 Å². The molecule has 4 N–H and O–H groups in total. The minimum Gasteiger partial charge on any atom is -0.389 e. The van der Waals surface area contributed by atoms with E-state index in [1.807, 2.05) is 0 Å². The Morgan fingerprint density at radius 1 is 1.42 bits per heavy atom. The number of ketones is 1. The van der Waals surface area contributed by atoms with Gasteiger partial charge >= 0.3 is 0 Å². The van der Waals surface area contributed by atoms with Crippen LogP contribution < -0.4 is 16.0 Å². The van der Waals surface area contributed by atoms with Crippen molar-refractivity contribution in [2.45, 2.75) is 38.8 Å². The third-order valence-electron chi connectivity index (χ3n) is 5.88. The number of piperidine rings is 1. The van der Waals surface area contributed by atoms with Crippen LogP contribution in [0.2, 0.25) is 0 Å². The maximum Gasteiger partial charge on any atom is 0.238 e. The second-order valence-corrected chi connectivity index (χ2v) is 7.54. The molecular weight excluding hydrogens is 334 g/mol. The van der Waals surface area contributed by atoms with Crippen molar-refractivity contribution >= 4 is 30.0 Å². The maximum atomic E-state index is 12.5. The number of halogens is 1. The van der Waals surface area contributed by atoms with Crippen molar-refractivity contribution in [3.05, 3.63) is 0 Å². The van der Waals surface area contributed by atoms with Gasteiger partial charge in [-0.2, -0.15) is 0 Å². The van der Waals surface area contributed by atoms with Crippen molar-refractivity contribution in [3.63, 3.8) is 0 Å². The van der Waals surface area contributed by atoms with Crippen molar-refractivity contribution < 1.29 is 19.5 Å². The van der Waals surface area contributed by atoms with Crippen LogP contribution >= 0.6 is 12.4 Å². The largest absolute Gasteiger partial charge is 0.389 e. The molecule has 2 aliphatic heterocycles. The maximum absolute atomic E-state index is 12.5. The fourth-order valence-electron chi connectivity index (χ4n) is 4.27. The van der Waals surface area contributed by atoms with Gasteiger partial charge in [-0.1, -0.05) is 13.8 Å². The van der Waals surface area contributed by atoms with Gasteiger partial charge in [-0.15, -0.1) is 12.4 Å². The van der Waals surface area contributed by atoms with Crippen LogP contribution in [-0.2, 0) is 14.4 Å². The Kier molecular flexibility index (Phi) is 5.57. The van der Waals surface area contributed by atoms with Gasteiger partial charge < -0.3 is 21.1 Å². The van der Waals surface area contributed by atoms with E-state index >= 15 is 0 Å². The fraction of sp³-hybridized carbons (Fsp3) is 0.812. The highest BCUT2D eigenvalue weighted by molar-refractivity contribution is 5.92. The number of hydrogen-bond donors (Lipinski definition) is 4. The van der Waals surface area contributed by atoms with Gasteiger partial charge in [0, 0.05) is 12.5 Å². The van der Waals surface area contributed by atoms with E-state index in [-0.39, 0.29) is 48.0 Å². The monoisotopic (exact) mass is 359 g/mol. The van der Waals surface area contributed by atoms with E-state index in [2.05, 4.69) is 29.8 Å². The van der Waals surface area contributed by atoms with E-state index in [0.29, 0.717) is 24.8 Å². The molecule has 0 spiro atoms. The molecule has 1 saturated carbocycles. The molecule has 2 amide bonds. The third kappa shape index (κ3) is 3.30. The SMILES string of the molecule is CC1(C)[C@@H]2[C@@H](C(=O)N[C@@H](C[C@@H]3CCNC3=O)C(=O)CO)NC[C@@H]21.Cl. The van der Waals surface area contributed by atoms with E-state index < -0.39 is 18.4 Å². The molecule has 0 radical (unpaired) electrons. The molecule has 8 heteroatoms. The second-order valence-electron chi connectivity index (χ2n) is 7.54. The summed E-state index contributed by atoms with van der Waals surface area (Å²) in [6.45, 7) is 5.10. The van der Waals surface area contributed by atoms with Crippen molar-refractivity contribution in [2.75, 3.05) is 19.7 Å². The highest BCUT2D eigenvalue weighted by Gasteiger charge is 2.65. The van der Waals surface area contributed by atoms with E-state index in [1.165, 1.54) is 0 Å². The molecule has 0 aromatic rings. The standard InChI is InChI=1S/C16H25N3O4.ClH/c1-16(2)9-6-18-13(12(9)16)15(23)19-10(11(21)7-20)5-8-3-4-17-14(8)22;/h8-10,12-13,18,20H,3-7H2,1-2H3,(H,17,22)(H,19,23);1H/t8-,9-,10-,12-,13-;/m0./s1. The Labute approximate surface area is 147 Å². The minimum absolute atomic E-state index is 0. The third-order valence-corrected chi connectivity index (χ3v) is 5.88. The number of nitrogens with one attached hydrogen (secondary N) is 3. The van der Waals surface area contributed by atoms with Gasteiger partial charge in [-0.25, -0.2) is 0 Å². The number of aliphatic hydroxyl groups excluding tert-OH is 1. The number of carbonyl (C=O) groups is 3. The first kappa shape index (κ1) is 19.1. The lowest BCUT2D eigenvalue weighted by atomic mass is 9.95. The van der Waals surface area contributed by atoms with Crippen LogP contribution in [0.4, 0.5) is 0 Å². The number of Topliss-reactive ketones (excluding diaryl/α,β-unsaturated/α-hetero) is 1. The lowest BCUT2D eigenvalue weighted by molar-refractivity contribution is -0.131. The Balaban J connectivity index is 0.00000208. The van der Waals surface area contributed by atoms with Gasteiger partial charge in [0.15, 0.2) is 5.78 Å². The number of hydrogen-bond acceptors (Lipinski definition) is 5. The second kappa shape index (κ2) is 6.98. The van der Waals surface area contributed by atoms with Gasteiger partial charge in [0.2, 0.25) is 11.8 Å². The molecule has 2 saturated heterocycles. The van der Waals surface area contributed by atoms with E-state index in [0.717, 1.165) is 6.54 Å². The normalized spacial score (nSPS) is 33.9. The molecule has 24 heavy (non-hydrogen) atoms. The number of amides is 2. The fourth-order valence-corrected chi connectivity index (χ4v) is 4.27. The summed E-state index contributed by atoms with van der Waals surface area (Å²) < 4.78 is 0. The summed E-state index contributed by atoms with van der Waals surface area (Å²) >= 11 is 0. The Hall–Kier alpha value is -1.18. The van der Waals surface area contributed by atoms with Crippen LogP contribution in [0.1, 0.15) is 26.7 Å². The van der Waals surface area contributed by atoms with Crippen LogP contribution in [0.5, 0.6) is 0 Å². The lowest BCUT2D eigenvalue weighted by Gasteiger charge is -2.23. The molecule has 2 heterocycles. The number of rotatable bonds is 6. The predicted octanol–water partition coefficient (Wildman–Crippen LogP) is -0.775. The topological polar surface area (TPSA) is 108 Å². The van der Waals surface area contributed by atoms with Gasteiger partial charge in [-0.3, -0.25) is 14.4 Å². The first-order valence-electron chi connectivity index (χ1n) is 8.31. The van der Waals surface area contributed by atoms with Crippen molar-refractivity contribution in [3.8, 4) is 0 Å². The summed E-state index contributed by atoms with van der Waals surface area (Å²) in [4.78, 5) is 36.2. The van der Waals surface area contributed by atoms with Crippen molar-refractivity contribution in [1.29, 1.82) is 0 Å². The molecule has 1 aliphatic carbocycles. The number of aliphatic hydroxyl groups is 1. The summed E-state index contributed by atoms with van der Waals surface area (Å²) in [6, 6.07) is -1.09. The van der Waals surface area contributed by atoms with Crippen LogP contribution in [-0.4, -0.2) is 54.5 Å². The molecule has 3 aliphatic rings.